The summed E-state index contributed by atoms with van der Waals surface area (Å²) in [6.07, 6.45) is 0. The summed E-state index contributed by atoms with van der Waals surface area (Å²) in [6, 6.07) is 8.48. The molecule has 25 heavy (non-hydrogen) atoms. The first-order chi connectivity index (χ1) is 11.9. The topological polar surface area (TPSA) is 89.5 Å². The predicted molar refractivity (Wildman–Crippen MR) is 92.4 cm³/mol. The van der Waals surface area contributed by atoms with Crippen molar-refractivity contribution in [2.45, 2.75) is 25.2 Å². The van der Waals surface area contributed by atoms with Gasteiger partial charge in [-0.1, -0.05) is 18.2 Å². The van der Waals surface area contributed by atoms with Gasteiger partial charge in [0.05, 0.1) is 25.0 Å². The number of hydrogen-bond donors (Lipinski definition) is 1. The van der Waals surface area contributed by atoms with Gasteiger partial charge in [-0.2, -0.15) is 5.01 Å². The van der Waals surface area contributed by atoms with Gasteiger partial charge >= 0.3 is 6.03 Å². The molecule has 0 spiro atoms. The van der Waals surface area contributed by atoms with Gasteiger partial charge in [0.15, 0.2) is 5.79 Å². The highest BCUT2D eigenvalue weighted by Gasteiger charge is 2.43. The number of carbonyl (C=O) groups excluding carboxylic acids is 1. The molecule has 1 fully saturated rings. The summed E-state index contributed by atoms with van der Waals surface area (Å²) in [5.41, 5.74) is -0.961. The maximum absolute atomic E-state index is 12.3. The number of urea groups is 1. The highest BCUT2D eigenvalue weighted by atomic mass is 35.5. The van der Waals surface area contributed by atoms with E-state index in [1.165, 1.54) is 0 Å². The highest BCUT2D eigenvalue weighted by Crippen LogP contribution is 2.25. The second-order valence-corrected chi connectivity index (χ2v) is 6.56. The van der Waals surface area contributed by atoms with Gasteiger partial charge in [-0.15, -0.1) is 16.5 Å². The first-order valence-corrected chi connectivity index (χ1v) is 8.38. The van der Waals surface area contributed by atoms with Crippen molar-refractivity contribution >= 4 is 17.6 Å². The molecular weight excluding hydrogens is 350 g/mol. The van der Waals surface area contributed by atoms with E-state index in [1.807, 2.05) is 18.2 Å². The van der Waals surface area contributed by atoms with E-state index < -0.39 is 17.4 Å². The zero-order valence-corrected chi connectivity index (χ0v) is 15.0. The average molecular weight is 372 g/mol. The molecule has 0 bridgehead atoms. The second-order valence-electron chi connectivity index (χ2n) is 6.18. The van der Waals surface area contributed by atoms with Crippen molar-refractivity contribution in [3.8, 4) is 5.75 Å². The Kier molecular flexibility index (Phi) is 6.57. The molecule has 0 aliphatic carbocycles. The molecule has 2 amide bonds. The minimum absolute atomic E-state index is 0.000279. The maximum Gasteiger partial charge on any atom is 0.341 e. The van der Waals surface area contributed by atoms with Crippen LogP contribution in [0.3, 0.4) is 0 Å². The number of carbonyl (C=O) groups is 1. The first-order valence-electron chi connectivity index (χ1n) is 7.84. The Balaban J connectivity index is 2.09. The lowest BCUT2D eigenvalue weighted by molar-refractivity contribution is -0.272. The molecule has 1 N–H and O–H groups in total. The van der Waals surface area contributed by atoms with Crippen LogP contribution in [0.2, 0.25) is 0 Å². The standard InChI is InChI=1S/C16H22ClN3O5/c1-15(2)24-11-16(12-25-15,10-23-13-6-4-3-5-7-13)18-14(21)20(19-22)9-8-17/h3-7H,8-12H2,1-2H3,(H,18,21). The normalized spacial score (nSPS) is 18.2. The molecule has 8 nitrogen and oxygen atoms in total. The molecule has 0 aromatic heterocycles. The number of nitroso groups, excluding NO2 is 1. The van der Waals surface area contributed by atoms with Gasteiger partial charge in [0, 0.05) is 5.88 Å². The molecule has 0 unspecified atom stereocenters. The third-order valence-electron chi connectivity index (χ3n) is 3.65. The number of nitrogens with one attached hydrogen (secondary N) is 1. The first kappa shape index (κ1) is 19.4. The van der Waals surface area contributed by atoms with Crippen LogP contribution in [0, 0.1) is 4.91 Å². The summed E-state index contributed by atoms with van der Waals surface area (Å²) in [4.78, 5) is 23.1. The van der Waals surface area contributed by atoms with E-state index in [4.69, 9.17) is 25.8 Å². The van der Waals surface area contributed by atoms with E-state index >= 15 is 0 Å². The maximum atomic E-state index is 12.3. The van der Waals surface area contributed by atoms with E-state index in [2.05, 4.69) is 10.6 Å². The van der Waals surface area contributed by atoms with Crippen molar-refractivity contribution in [3.63, 3.8) is 0 Å². The van der Waals surface area contributed by atoms with Crippen LogP contribution in [0.4, 0.5) is 4.79 Å². The Hall–Kier alpha value is -1.90. The SMILES string of the molecule is CC1(C)OCC(COc2ccccc2)(NC(=O)N(CCCl)N=O)CO1. The van der Waals surface area contributed by atoms with E-state index in [9.17, 15) is 9.70 Å². The van der Waals surface area contributed by atoms with Crippen LogP contribution in [0.25, 0.3) is 0 Å². The third kappa shape index (κ3) is 5.55. The number of alkyl halides is 1. The van der Waals surface area contributed by atoms with Crippen molar-refractivity contribution in [2.24, 2.45) is 5.29 Å². The van der Waals surface area contributed by atoms with Gasteiger partial charge in [0.1, 0.15) is 17.9 Å². The van der Waals surface area contributed by atoms with Crippen molar-refractivity contribution in [3.05, 3.63) is 35.2 Å². The molecule has 1 aliphatic heterocycles. The van der Waals surface area contributed by atoms with E-state index in [0.29, 0.717) is 5.75 Å². The fourth-order valence-corrected chi connectivity index (χ4v) is 2.35. The Morgan fingerprint density at radius 2 is 1.96 bits per heavy atom. The summed E-state index contributed by atoms with van der Waals surface area (Å²) >= 11 is 5.58. The molecule has 0 atom stereocenters. The molecule has 1 saturated heterocycles. The van der Waals surface area contributed by atoms with Gasteiger partial charge in [-0.05, 0) is 26.0 Å². The number of benzene rings is 1. The van der Waals surface area contributed by atoms with E-state index in [-0.39, 0.29) is 32.2 Å². The molecule has 0 saturated carbocycles. The van der Waals surface area contributed by atoms with Gasteiger partial charge < -0.3 is 19.5 Å². The molecule has 0 radical (unpaired) electrons. The summed E-state index contributed by atoms with van der Waals surface area (Å²) in [7, 11) is 0. The Morgan fingerprint density at radius 3 is 2.52 bits per heavy atom. The fourth-order valence-electron chi connectivity index (χ4n) is 2.19. The van der Waals surface area contributed by atoms with Gasteiger partial charge in [-0.25, -0.2) is 4.79 Å². The van der Waals surface area contributed by atoms with Gasteiger partial charge in [0.25, 0.3) is 0 Å². The molecular formula is C16H22ClN3O5. The predicted octanol–water partition coefficient (Wildman–Crippen LogP) is 2.52. The molecule has 1 heterocycles. The van der Waals surface area contributed by atoms with Crippen LogP contribution in [-0.2, 0) is 9.47 Å². The highest BCUT2D eigenvalue weighted by molar-refractivity contribution is 6.18. The van der Waals surface area contributed by atoms with Crippen LogP contribution in [-0.4, -0.2) is 54.6 Å². The monoisotopic (exact) mass is 371 g/mol. The van der Waals surface area contributed by atoms with Gasteiger partial charge in [-0.3, -0.25) is 0 Å². The summed E-state index contributed by atoms with van der Waals surface area (Å²) in [5, 5.41) is 6.14. The number of amides is 2. The average Bonchev–Trinajstić information content (AvgIpc) is 2.61. The van der Waals surface area contributed by atoms with Crippen molar-refractivity contribution < 1.29 is 19.0 Å². The lowest BCUT2D eigenvalue weighted by Crippen LogP contribution is -2.65. The Bertz CT molecular complexity index is 574. The Labute approximate surface area is 151 Å². The lowest BCUT2D eigenvalue weighted by atomic mass is 10.0. The third-order valence-corrected chi connectivity index (χ3v) is 3.82. The van der Waals surface area contributed by atoms with Gasteiger partial charge in [0.2, 0.25) is 0 Å². The summed E-state index contributed by atoms with van der Waals surface area (Å²) in [5.74, 6) is -0.0287. The Morgan fingerprint density at radius 1 is 1.32 bits per heavy atom. The molecule has 1 aromatic carbocycles. The zero-order chi connectivity index (χ0) is 18.3. The molecule has 9 heteroatoms. The quantitative estimate of drug-likeness (QED) is 0.452. The minimum atomic E-state index is -0.961. The van der Waals surface area contributed by atoms with Crippen molar-refractivity contribution in [2.75, 3.05) is 32.2 Å². The minimum Gasteiger partial charge on any atom is -0.491 e. The molecule has 1 aromatic rings. The second kappa shape index (κ2) is 8.46. The smallest absolute Gasteiger partial charge is 0.341 e. The number of hydrogen-bond acceptors (Lipinski definition) is 6. The summed E-state index contributed by atoms with van der Waals surface area (Å²) in [6.45, 7) is 3.98. The van der Waals surface area contributed by atoms with Crippen LogP contribution >= 0.6 is 11.6 Å². The summed E-state index contributed by atoms with van der Waals surface area (Å²) < 4.78 is 17.1. The number of nitrogens with zero attached hydrogens (tertiary/aromatic N) is 2. The van der Waals surface area contributed by atoms with E-state index in [0.717, 1.165) is 5.01 Å². The number of ether oxygens (including phenoxy) is 3. The van der Waals surface area contributed by atoms with Crippen molar-refractivity contribution in [1.82, 2.24) is 10.3 Å². The largest absolute Gasteiger partial charge is 0.491 e. The van der Waals surface area contributed by atoms with E-state index in [1.54, 1.807) is 26.0 Å². The number of para-hydroxylation sites is 1. The number of rotatable bonds is 7. The van der Waals surface area contributed by atoms with Crippen LogP contribution < -0.4 is 10.1 Å². The molecule has 2 rings (SSSR count). The van der Waals surface area contributed by atoms with Crippen molar-refractivity contribution in [1.29, 1.82) is 0 Å². The van der Waals surface area contributed by atoms with Crippen LogP contribution in [0.1, 0.15) is 13.8 Å². The van der Waals surface area contributed by atoms with Crippen LogP contribution in [0.15, 0.2) is 35.6 Å². The molecule has 1 aliphatic rings. The number of halogens is 1. The fraction of sp³-hybridized carbons (Fsp3) is 0.562. The molecule has 138 valence electrons. The lowest BCUT2D eigenvalue weighted by Gasteiger charge is -2.43. The van der Waals surface area contributed by atoms with Crippen LogP contribution in [0.5, 0.6) is 5.75 Å². The zero-order valence-electron chi connectivity index (χ0n) is 14.2.